The Labute approximate surface area is 236 Å². The second-order valence-electron chi connectivity index (χ2n) is 8.96. The summed E-state index contributed by atoms with van der Waals surface area (Å²) in [6.45, 7) is 2.07. The van der Waals surface area contributed by atoms with Gasteiger partial charge in [0.2, 0.25) is 0 Å². The van der Waals surface area contributed by atoms with Crippen LogP contribution in [0.1, 0.15) is 0 Å². The fourth-order valence-corrected chi connectivity index (χ4v) is 4.90. The molecule has 1 aliphatic rings. The van der Waals surface area contributed by atoms with E-state index >= 15 is 0 Å². The molecule has 1 radical (unpaired) electrons. The second-order valence-corrected chi connectivity index (χ2v) is 8.96. The summed E-state index contributed by atoms with van der Waals surface area (Å²) >= 11 is 0. The topological polar surface area (TPSA) is 33.7 Å². The van der Waals surface area contributed by atoms with Gasteiger partial charge in [0.1, 0.15) is 11.2 Å². The molecule has 8 rings (SSSR count). The van der Waals surface area contributed by atoms with Crippen molar-refractivity contribution in [2.75, 3.05) is 9.80 Å². The largest absolute Gasteiger partial charge is 0.657 e. The van der Waals surface area contributed by atoms with E-state index in [-0.39, 0.29) is 22.4 Å². The van der Waals surface area contributed by atoms with Crippen LogP contribution < -0.4 is 14.8 Å². The molecule has 0 saturated carbocycles. The molecule has 2 aromatic heterocycles. The van der Waals surface area contributed by atoms with Gasteiger partial charge in [-0.2, -0.15) is 0 Å². The Bertz CT molecular complexity index is 1830. The molecule has 0 amide bonds. The minimum atomic E-state index is 0. The molecule has 3 heterocycles. The van der Waals surface area contributed by atoms with Crippen LogP contribution in [0.3, 0.4) is 0 Å². The molecule has 5 aromatic carbocycles. The number of hydrogen-bond acceptors (Lipinski definition) is 3. The first-order chi connectivity index (χ1) is 18.3. The van der Waals surface area contributed by atoms with E-state index in [1.54, 1.807) is 0 Å². The van der Waals surface area contributed by atoms with Gasteiger partial charge in [-0.25, -0.2) is 0 Å². The Balaban J connectivity index is 0.000000137. The summed E-state index contributed by atoms with van der Waals surface area (Å²) in [5.41, 5.74) is 6.23. The van der Waals surface area contributed by atoms with Crippen LogP contribution in [-0.2, 0) is 22.4 Å². The molecule has 0 spiro atoms. The SMILES string of the molecule is C1=CN(c2ccccc2)[CH-]N1c1ccccc1.[Au].c1ccc2c(c1)[n-]c1ccc3c4ccccc4oc3c12. The molecule has 189 valence electrons. The van der Waals surface area contributed by atoms with Gasteiger partial charge in [-0.1, -0.05) is 91.0 Å². The summed E-state index contributed by atoms with van der Waals surface area (Å²) in [5.74, 6) is 0. The van der Waals surface area contributed by atoms with Gasteiger partial charge in [0, 0.05) is 49.9 Å². The van der Waals surface area contributed by atoms with E-state index in [1.165, 1.54) is 11.4 Å². The van der Waals surface area contributed by atoms with Crippen LogP contribution in [0.25, 0.3) is 43.7 Å². The number of nitrogens with zero attached hydrogens (tertiary/aromatic N) is 3. The molecule has 38 heavy (non-hydrogen) atoms. The average molecular weight is 675 g/mol. The molecule has 0 aliphatic carbocycles. The third kappa shape index (κ3) is 4.29. The van der Waals surface area contributed by atoms with Crippen LogP contribution in [0.15, 0.2) is 138 Å². The summed E-state index contributed by atoms with van der Waals surface area (Å²) in [5, 5.41) is 4.60. The first-order valence-electron chi connectivity index (χ1n) is 12.3. The Kier molecular flexibility index (Phi) is 6.52. The standard InChI is InChI=1S/C18H10NO.C15H13N2.Au/c1-3-7-14-13(6-1)17-15(19-14)10-9-12-11-5-2-4-8-16(11)20-18(12)17;1-3-7-14(8-4-1)16-11-12-17(13-16)15-9-5-2-6-10-15;/h1-10H;1-13H;/q2*-1;. The van der Waals surface area contributed by atoms with Gasteiger partial charge >= 0.3 is 0 Å². The number of rotatable bonds is 2. The smallest absolute Gasteiger partial charge is 0.141 e. The van der Waals surface area contributed by atoms with E-state index in [4.69, 9.17) is 4.42 Å². The summed E-state index contributed by atoms with van der Waals surface area (Å²) < 4.78 is 6.09. The third-order valence-electron chi connectivity index (χ3n) is 6.68. The maximum Gasteiger partial charge on any atom is 0.141 e. The number of benzene rings is 5. The van der Waals surface area contributed by atoms with Gasteiger partial charge in [0.05, 0.1) is 0 Å². The third-order valence-corrected chi connectivity index (χ3v) is 6.68. The number of para-hydroxylation sites is 4. The van der Waals surface area contributed by atoms with Crippen molar-refractivity contribution in [1.29, 1.82) is 0 Å². The zero-order valence-electron chi connectivity index (χ0n) is 20.3. The van der Waals surface area contributed by atoms with Gasteiger partial charge in [0.15, 0.2) is 0 Å². The summed E-state index contributed by atoms with van der Waals surface area (Å²) in [4.78, 5) is 8.88. The summed E-state index contributed by atoms with van der Waals surface area (Å²) in [6.07, 6.45) is 4.12. The van der Waals surface area contributed by atoms with Crippen molar-refractivity contribution in [2.45, 2.75) is 0 Å². The van der Waals surface area contributed by atoms with Crippen LogP contribution >= 0.6 is 0 Å². The normalized spacial score (nSPS) is 12.7. The van der Waals surface area contributed by atoms with E-state index < -0.39 is 0 Å². The van der Waals surface area contributed by atoms with Crippen molar-refractivity contribution in [3.63, 3.8) is 0 Å². The molecule has 5 heteroatoms. The van der Waals surface area contributed by atoms with Gasteiger partial charge < -0.3 is 19.2 Å². The molecule has 1 aliphatic heterocycles. The van der Waals surface area contributed by atoms with Gasteiger partial charge in [-0.05, 0) is 48.1 Å². The Morgan fingerprint density at radius 3 is 1.79 bits per heavy atom. The number of aromatic nitrogens is 1. The number of furan rings is 1. The summed E-state index contributed by atoms with van der Waals surface area (Å²) in [6, 6.07) is 41.2. The first-order valence-corrected chi connectivity index (χ1v) is 12.3. The van der Waals surface area contributed by atoms with Gasteiger partial charge in [-0.15, -0.1) is 17.7 Å². The van der Waals surface area contributed by atoms with E-state index in [2.05, 4.69) is 82.4 Å². The predicted molar refractivity (Wildman–Crippen MR) is 153 cm³/mol. The summed E-state index contributed by atoms with van der Waals surface area (Å²) in [7, 11) is 0. The number of hydrogen-bond donors (Lipinski definition) is 0. The van der Waals surface area contributed by atoms with E-state index in [0.29, 0.717) is 0 Å². The minimum absolute atomic E-state index is 0. The molecule has 0 fully saturated rings. The van der Waals surface area contributed by atoms with Crippen LogP contribution in [0.2, 0.25) is 0 Å². The van der Waals surface area contributed by atoms with Crippen molar-refractivity contribution in [3.05, 3.63) is 140 Å². The molecule has 0 N–H and O–H groups in total. The maximum absolute atomic E-state index is 6.09. The molecule has 0 unspecified atom stereocenters. The second kappa shape index (κ2) is 10.3. The Morgan fingerprint density at radius 1 is 0.526 bits per heavy atom. The van der Waals surface area contributed by atoms with Crippen LogP contribution in [-0.4, -0.2) is 0 Å². The van der Waals surface area contributed by atoms with Crippen LogP contribution in [0.4, 0.5) is 11.4 Å². The van der Waals surface area contributed by atoms with E-state index in [0.717, 1.165) is 43.7 Å². The molecular weight excluding hydrogens is 651 g/mol. The predicted octanol–water partition coefficient (Wildman–Crippen LogP) is 8.45. The molecular formula is C33H23AuN3O-2. The van der Waals surface area contributed by atoms with E-state index in [9.17, 15) is 0 Å². The van der Waals surface area contributed by atoms with Crippen molar-refractivity contribution in [3.8, 4) is 0 Å². The van der Waals surface area contributed by atoms with Gasteiger partial charge in [0.25, 0.3) is 0 Å². The average Bonchev–Trinajstić information content (AvgIpc) is 3.69. The fourth-order valence-electron chi connectivity index (χ4n) is 4.90. The number of anilines is 2. The van der Waals surface area contributed by atoms with Crippen molar-refractivity contribution >= 4 is 55.1 Å². The number of fused-ring (bicyclic) bond motifs is 7. The minimum Gasteiger partial charge on any atom is -0.657 e. The molecule has 0 atom stereocenters. The van der Waals surface area contributed by atoms with Crippen LogP contribution in [0.5, 0.6) is 0 Å². The van der Waals surface area contributed by atoms with E-state index in [1.807, 2.05) is 72.8 Å². The quantitative estimate of drug-likeness (QED) is 0.136. The maximum atomic E-state index is 6.09. The zero-order chi connectivity index (χ0) is 24.6. The zero-order valence-corrected chi connectivity index (χ0v) is 22.5. The Hall–Kier alpha value is -4.22. The van der Waals surface area contributed by atoms with Crippen molar-refractivity contribution in [1.82, 2.24) is 4.98 Å². The molecule has 0 bridgehead atoms. The van der Waals surface area contributed by atoms with Crippen LogP contribution in [0, 0.1) is 6.67 Å². The molecule has 0 saturated heterocycles. The molecule has 4 nitrogen and oxygen atoms in total. The fraction of sp³-hybridized carbons (Fsp3) is 0. The Morgan fingerprint density at radius 2 is 1.11 bits per heavy atom. The van der Waals surface area contributed by atoms with Crippen molar-refractivity contribution < 1.29 is 26.8 Å². The first kappa shape index (κ1) is 24.1. The molecule has 7 aromatic rings. The monoisotopic (exact) mass is 674 g/mol. The van der Waals surface area contributed by atoms with Crippen molar-refractivity contribution in [2.24, 2.45) is 0 Å². The van der Waals surface area contributed by atoms with Gasteiger partial charge in [-0.3, -0.25) is 0 Å².